The van der Waals surface area contributed by atoms with Crippen molar-refractivity contribution in [3.05, 3.63) is 65.1 Å². The average molecular weight is 464 g/mol. The predicted octanol–water partition coefficient (Wildman–Crippen LogP) is 5.31. The summed E-state index contributed by atoms with van der Waals surface area (Å²) in [6.07, 6.45) is 3.48. The van der Waals surface area contributed by atoms with Crippen molar-refractivity contribution in [1.82, 2.24) is 19.9 Å². The molecule has 0 aliphatic rings. The number of hydrogen-bond donors (Lipinski definition) is 1. The number of halogens is 3. The molecule has 0 fully saturated rings. The fourth-order valence-electron chi connectivity index (χ4n) is 3.09. The van der Waals surface area contributed by atoms with Gasteiger partial charge in [0.2, 0.25) is 0 Å². The van der Waals surface area contributed by atoms with Gasteiger partial charge in [-0.3, -0.25) is 0 Å². The molecule has 2 heterocycles. The monoisotopic (exact) mass is 463 g/mol. The lowest BCUT2D eigenvalue weighted by molar-refractivity contribution is 0.199. The molecule has 9 heteroatoms. The van der Waals surface area contributed by atoms with E-state index >= 15 is 0 Å². The number of aryl methyl sites for hydroxylation is 2. The first-order valence-corrected chi connectivity index (χ1v) is 10.5. The van der Waals surface area contributed by atoms with E-state index in [2.05, 4.69) is 19.9 Å². The lowest BCUT2D eigenvalue weighted by atomic mass is 9.93. The Morgan fingerprint density at radius 1 is 0.969 bits per heavy atom. The van der Waals surface area contributed by atoms with Gasteiger partial charge in [0.25, 0.3) is 0 Å². The third kappa shape index (κ3) is 8.09. The smallest absolute Gasteiger partial charge is 0.165 e. The van der Waals surface area contributed by atoms with E-state index in [-0.39, 0.29) is 17.9 Å². The summed E-state index contributed by atoms with van der Waals surface area (Å²) in [5.74, 6) is -1.02. The molecule has 0 unspecified atom stereocenters. The van der Waals surface area contributed by atoms with E-state index in [0.717, 1.165) is 24.2 Å². The van der Waals surface area contributed by atoms with E-state index in [4.69, 9.17) is 22.1 Å². The van der Waals surface area contributed by atoms with Crippen molar-refractivity contribution in [2.24, 2.45) is 11.7 Å². The van der Waals surface area contributed by atoms with Gasteiger partial charge in [-0.2, -0.15) is 0 Å². The van der Waals surface area contributed by atoms with Gasteiger partial charge < -0.3 is 10.5 Å². The first-order chi connectivity index (χ1) is 15.0. The standard InChI is InChI=1S/C18H23F2N3O.C5H5ClN2/c1-11(2)8-18(4,21)9-24-17-7-14(19)13(6-15(17)20)16-5-12(3)22-10-23-16;1-4-2-5(6)8-3-7-4/h5-7,10-11H,8-9,21H2,1-4H3;2-3H,1H3/t18-;/m0./s1. The van der Waals surface area contributed by atoms with Crippen LogP contribution in [0, 0.1) is 31.4 Å². The van der Waals surface area contributed by atoms with Gasteiger partial charge in [0, 0.05) is 28.6 Å². The summed E-state index contributed by atoms with van der Waals surface area (Å²) in [5.41, 5.74) is 7.49. The molecule has 0 saturated carbocycles. The fraction of sp³-hybridized carbons (Fsp3) is 0.391. The maximum atomic E-state index is 14.3. The van der Waals surface area contributed by atoms with Gasteiger partial charge in [0.15, 0.2) is 11.6 Å². The Kier molecular flexibility index (Phi) is 8.98. The zero-order chi connectivity index (χ0) is 23.9. The van der Waals surface area contributed by atoms with Crippen molar-refractivity contribution in [3.63, 3.8) is 0 Å². The van der Waals surface area contributed by atoms with Crippen LogP contribution in [0.5, 0.6) is 5.75 Å². The van der Waals surface area contributed by atoms with Gasteiger partial charge in [0.05, 0.1) is 5.69 Å². The molecule has 172 valence electrons. The third-order valence-electron chi connectivity index (χ3n) is 4.30. The fourth-order valence-corrected chi connectivity index (χ4v) is 3.30. The highest BCUT2D eigenvalue weighted by molar-refractivity contribution is 6.29. The van der Waals surface area contributed by atoms with E-state index in [1.165, 1.54) is 12.7 Å². The lowest BCUT2D eigenvalue weighted by Crippen LogP contribution is -2.43. The van der Waals surface area contributed by atoms with Crippen molar-refractivity contribution in [3.8, 4) is 17.0 Å². The van der Waals surface area contributed by atoms with E-state index in [1.54, 1.807) is 19.1 Å². The molecular formula is C23H28ClF2N5O. The van der Waals surface area contributed by atoms with Crippen LogP contribution in [0.15, 0.2) is 36.9 Å². The maximum Gasteiger partial charge on any atom is 0.165 e. The predicted molar refractivity (Wildman–Crippen MR) is 121 cm³/mol. The molecular weight excluding hydrogens is 436 g/mol. The second kappa shape index (κ2) is 11.2. The summed E-state index contributed by atoms with van der Waals surface area (Å²) in [6, 6.07) is 5.43. The second-order valence-corrected chi connectivity index (χ2v) is 8.72. The van der Waals surface area contributed by atoms with Crippen LogP contribution < -0.4 is 10.5 Å². The van der Waals surface area contributed by atoms with Crippen molar-refractivity contribution in [2.75, 3.05) is 6.61 Å². The average Bonchev–Trinajstić information content (AvgIpc) is 2.67. The van der Waals surface area contributed by atoms with Gasteiger partial charge >= 0.3 is 0 Å². The molecule has 0 aliphatic heterocycles. The Labute approximate surface area is 192 Å². The number of nitrogens with two attached hydrogens (primary N) is 1. The Hall–Kier alpha value is -2.71. The topological polar surface area (TPSA) is 86.8 Å². The number of nitrogens with zero attached hydrogens (tertiary/aromatic N) is 4. The Morgan fingerprint density at radius 2 is 1.59 bits per heavy atom. The Balaban J connectivity index is 0.000000380. The van der Waals surface area contributed by atoms with E-state index in [1.807, 2.05) is 27.7 Å². The van der Waals surface area contributed by atoms with Gasteiger partial charge in [0.1, 0.15) is 30.2 Å². The van der Waals surface area contributed by atoms with Crippen LogP contribution >= 0.6 is 11.6 Å². The largest absolute Gasteiger partial charge is 0.489 e. The first kappa shape index (κ1) is 25.5. The summed E-state index contributed by atoms with van der Waals surface area (Å²) in [5, 5.41) is 0.498. The Morgan fingerprint density at radius 3 is 2.12 bits per heavy atom. The molecule has 0 aliphatic carbocycles. The molecule has 2 N–H and O–H groups in total. The van der Waals surface area contributed by atoms with Crippen molar-refractivity contribution >= 4 is 11.6 Å². The molecule has 3 aromatic rings. The maximum absolute atomic E-state index is 14.3. The molecule has 6 nitrogen and oxygen atoms in total. The molecule has 0 amide bonds. The SMILES string of the molecule is Cc1cc(-c2cc(F)c(OC[C@@](C)(N)CC(C)C)cc2F)ncn1.Cc1cc(Cl)ncn1. The summed E-state index contributed by atoms with van der Waals surface area (Å²) in [7, 11) is 0. The molecule has 32 heavy (non-hydrogen) atoms. The zero-order valence-corrected chi connectivity index (χ0v) is 19.6. The van der Waals surface area contributed by atoms with Crippen LogP contribution in [-0.2, 0) is 0 Å². The summed E-state index contributed by atoms with van der Waals surface area (Å²) >= 11 is 5.49. The second-order valence-electron chi connectivity index (χ2n) is 8.33. The normalized spacial score (nSPS) is 12.7. The summed E-state index contributed by atoms with van der Waals surface area (Å²) in [6.45, 7) is 9.65. The van der Waals surface area contributed by atoms with Gasteiger partial charge in [-0.1, -0.05) is 25.4 Å². The van der Waals surface area contributed by atoms with Crippen LogP contribution in [0.4, 0.5) is 8.78 Å². The van der Waals surface area contributed by atoms with Crippen LogP contribution in [0.3, 0.4) is 0 Å². The minimum Gasteiger partial charge on any atom is -0.489 e. The molecule has 2 aromatic heterocycles. The van der Waals surface area contributed by atoms with E-state index < -0.39 is 17.2 Å². The highest BCUT2D eigenvalue weighted by Gasteiger charge is 2.22. The highest BCUT2D eigenvalue weighted by Crippen LogP contribution is 2.29. The minimum absolute atomic E-state index is 0.0723. The minimum atomic E-state index is -0.650. The van der Waals surface area contributed by atoms with E-state index in [0.29, 0.717) is 22.5 Å². The summed E-state index contributed by atoms with van der Waals surface area (Å²) in [4.78, 5) is 15.5. The quantitative estimate of drug-likeness (QED) is 0.498. The van der Waals surface area contributed by atoms with Crippen molar-refractivity contribution in [1.29, 1.82) is 0 Å². The number of hydrogen-bond acceptors (Lipinski definition) is 6. The molecule has 0 saturated heterocycles. The molecule has 3 rings (SSSR count). The van der Waals surface area contributed by atoms with Crippen molar-refractivity contribution < 1.29 is 13.5 Å². The zero-order valence-electron chi connectivity index (χ0n) is 18.9. The van der Waals surface area contributed by atoms with Crippen LogP contribution in [-0.4, -0.2) is 32.1 Å². The molecule has 0 spiro atoms. The van der Waals surface area contributed by atoms with Crippen LogP contribution in [0.1, 0.15) is 38.6 Å². The van der Waals surface area contributed by atoms with Gasteiger partial charge in [-0.25, -0.2) is 28.7 Å². The lowest BCUT2D eigenvalue weighted by Gasteiger charge is -2.26. The molecule has 1 aromatic carbocycles. The number of aromatic nitrogens is 4. The number of rotatable bonds is 6. The summed E-state index contributed by atoms with van der Waals surface area (Å²) < 4.78 is 34.0. The molecule has 1 atom stereocenters. The van der Waals surface area contributed by atoms with Gasteiger partial charge in [-0.05, 0) is 51.3 Å². The number of benzene rings is 1. The molecule has 0 bridgehead atoms. The molecule has 0 radical (unpaired) electrons. The number of ether oxygens (including phenoxy) is 1. The van der Waals surface area contributed by atoms with Gasteiger partial charge in [-0.15, -0.1) is 0 Å². The van der Waals surface area contributed by atoms with Crippen LogP contribution in [0.25, 0.3) is 11.3 Å². The van der Waals surface area contributed by atoms with E-state index in [9.17, 15) is 8.78 Å². The van der Waals surface area contributed by atoms with Crippen molar-refractivity contribution in [2.45, 2.75) is 46.6 Å². The Bertz CT molecular complexity index is 1030. The third-order valence-corrected chi connectivity index (χ3v) is 4.51. The van der Waals surface area contributed by atoms with Crippen LogP contribution in [0.2, 0.25) is 5.15 Å². The first-order valence-electron chi connectivity index (χ1n) is 10.1. The highest BCUT2D eigenvalue weighted by atomic mass is 35.5.